The predicted octanol–water partition coefficient (Wildman–Crippen LogP) is 1.40. The molecule has 2 heterocycles. The first-order valence-electron chi connectivity index (χ1n) is 19.8. The molecule has 11 N–H and O–H groups in total. The molecule has 65 heavy (non-hydrogen) atoms. The van der Waals surface area contributed by atoms with Gasteiger partial charge in [-0.15, -0.1) is 0 Å². The zero-order valence-electron chi connectivity index (χ0n) is 34.3. The number of nitrogens with zero attached hydrogens (tertiary/aromatic N) is 1. The number of rotatable bonds is 5. The van der Waals surface area contributed by atoms with Crippen molar-refractivity contribution >= 4 is 76.0 Å². The molecule has 8 bridgehead atoms. The van der Waals surface area contributed by atoms with Crippen molar-refractivity contribution in [3.05, 3.63) is 138 Å². The lowest BCUT2D eigenvalue weighted by atomic mass is 10.1. The summed E-state index contributed by atoms with van der Waals surface area (Å²) in [7, 11) is 0. The van der Waals surface area contributed by atoms with Gasteiger partial charge in [-0.1, -0.05) is 24.3 Å². The Morgan fingerprint density at radius 1 is 0.538 bits per heavy atom. The maximum Gasteiger partial charge on any atom is 0.305 e. The Bertz CT molecular complexity index is 2650. The van der Waals surface area contributed by atoms with Crippen LogP contribution >= 0.6 is 0 Å². The molecule has 1 aliphatic heterocycles. The van der Waals surface area contributed by atoms with Gasteiger partial charge in [0.05, 0.1) is 19.4 Å². The average Bonchev–Trinajstić information content (AvgIpc) is 3.80. The van der Waals surface area contributed by atoms with Gasteiger partial charge in [0.2, 0.25) is 23.6 Å². The normalized spacial score (nSPS) is 19.2. The largest absolute Gasteiger partial charge is 0.481 e. The van der Waals surface area contributed by atoms with Gasteiger partial charge in [-0.2, -0.15) is 0 Å². The standard InChI is InChI=1S/C44H42N10O11/c1-23-37(58)48-28-10-3-9-27(15-28)41(62)54-35(21-55)44(65)51-31-13-5-7-25(17-31)39(60)52-33(18-32-20-45-22-46-32)42(63)49-30-12-4-8-26(16-30)40(61)53-34(19-36(56)57)43(64)50-29-11-2-6-24(14-29)38(59)47-23/h2-17,20,22-23,33-35,55H,18-19,21H2,1H3,(H,45,46)(H,47,59)(H,48,58)(H,49,63)(H,50,64)(H,51,65)(H,52,60)(H,53,61)(H,54,62)(H,56,57)/t23-,33-,34-,35-/m0/s1. The smallest absolute Gasteiger partial charge is 0.305 e. The number of fused-ring (bicyclic) bond motifs is 8. The molecule has 4 atom stereocenters. The molecule has 21 nitrogen and oxygen atoms in total. The van der Waals surface area contributed by atoms with Crippen molar-refractivity contribution in [2.45, 2.75) is 43.9 Å². The summed E-state index contributed by atoms with van der Waals surface area (Å²) in [4.78, 5) is 126. The number of aromatic nitrogens is 2. The van der Waals surface area contributed by atoms with Crippen molar-refractivity contribution in [3.63, 3.8) is 0 Å². The molecule has 0 fully saturated rings. The monoisotopic (exact) mass is 886 g/mol. The van der Waals surface area contributed by atoms with Gasteiger partial charge in [0.15, 0.2) is 0 Å². The van der Waals surface area contributed by atoms with Crippen LogP contribution in [0.25, 0.3) is 0 Å². The fourth-order valence-corrected chi connectivity index (χ4v) is 6.37. The Hall–Kier alpha value is -8.72. The van der Waals surface area contributed by atoms with Gasteiger partial charge in [0.1, 0.15) is 24.2 Å². The molecule has 0 unspecified atom stereocenters. The summed E-state index contributed by atoms with van der Waals surface area (Å²) in [6.45, 7) is 0.584. The maximum atomic E-state index is 13.8. The third-order valence-corrected chi connectivity index (χ3v) is 9.72. The summed E-state index contributed by atoms with van der Waals surface area (Å²) >= 11 is 0. The number of H-pyrrole nitrogens is 1. The van der Waals surface area contributed by atoms with Crippen LogP contribution in [0.15, 0.2) is 110 Å². The van der Waals surface area contributed by atoms with E-state index in [2.05, 4.69) is 52.5 Å². The molecule has 1 aliphatic rings. The number of aliphatic hydroxyl groups is 1. The topological polar surface area (TPSA) is 319 Å². The van der Waals surface area contributed by atoms with E-state index in [1.807, 2.05) is 0 Å². The number of benzene rings is 4. The van der Waals surface area contributed by atoms with Crippen molar-refractivity contribution in [1.82, 2.24) is 31.2 Å². The molecule has 0 saturated carbocycles. The number of aromatic amines is 1. The zero-order chi connectivity index (χ0) is 46.6. The Morgan fingerprint density at radius 2 is 0.923 bits per heavy atom. The molecule has 21 heteroatoms. The molecule has 0 aliphatic carbocycles. The Morgan fingerprint density at radius 3 is 1.34 bits per heavy atom. The maximum absolute atomic E-state index is 13.8. The van der Waals surface area contributed by atoms with Crippen molar-refractivity contribution < 1.29 is 53.4 Å². The summed E-state index contributed by atoms with van der Waals surface area (Å²) in [6.07, 6.45) is 1.93. The summed E-state index contributed by atoms with van der Waals surface area (Å²) in [6, 6.07) is 16.9. The molecule has 4 aromatic carbocycles. The van der Waals surface area contributed by atoms with E-state index < -0.39 is 90.4 Å². The minimum atomic E-state index is -1.62. The molecule has 0 spiro atoms. The lowest BCUT2D eigenvalue weighted by Gasteiger charge is -2.20. The first-order valence-corrected chi connectivity index (χ1v) is 19.8. The van der Waals surface area contributed by atoms with Crippen LogP contribution in [0.2, 0.25) is 0 Å². The number of anilines is 4. The van der Waals surface area contributed by atoms with Crippen LogP contribution in [-0.4, -0.2) is 104 Å². The van der Waals surface area contributed by atoms with Gasteiger partial charge in [0.25, 0.3) is 23.6 Å². The number of hydrogen-bond donors (Lipinski definition) is 11. The average molecular weight is 887 g/mol. The highest BCUT2D eigenvalue weighted by Gasteiger charge is 2.28. The number of aliphatic hydroxyl groups excluding tert-OH is 1. The van der Waals surface area contributed by atoms with Gasteiger partial charge in [0, 0.05) is 63.3 Å². The number of nitrogens with one attached hydrogen (secondary N) is 9. The molecular weight excluding hydrogens is 845 g/mol. The number of amides is 8. The fourth-order valence-electron chi connectivity index (χ4n) is 6.37. The number of carboxylic acids is 1. The van der Waals surface area contributed by atoms with Crippen LogP contribution in [0, 0.1) is 0 Å². The van der Waals surface area contributed by atoms with Gasteiger partial charge in [-0.3, -0.25) is 43.2 Å². The third-order valence-electron chi connectivity index (χ3n) is 9.72. The number of imidazole rings is 1. The number of carbonyl (C=O) groups is 9. The highest BCUT2D eigenvalue weighted by molar-refractivity contribution is 6.07. The second-order valence-corrected chi connectivity index (χ2v) is 14.6. The second-order valence-electron chi connectivity index (χ2n) is 14.6. The minimum absolute atomic E-state index is 0.000780. The Balaban J connectivity index is 1.30. The summed E-state index contributed by atoms with van der Waals surface area (Å²) in [5.74, 6) is -7.69. The number of aliphatic carboxylic acids is 1. The zero-order valence-corrected chi connectivity index (χ0v) is 34.3. The van der Waals surface area contributed by atoms with E-state index in [0.717, 1.165) is 0 Å². The van der Waals surface area contributed by atoms with E-state index in [9.17, 15) is 53.4 Å². The minimum Gasteiger partial charge on any atom is -0.481 e. The van der Waals surface area contributed by atoms with Gasteiger partial charge in [-0.25, -0.2) is 4.98 Å². The van der Waals surface area contributed by atoms with E-state index >= 15 is 0 Å². The predicted molar refractivity (Wildman–Crippen MR) is 233 cm³/mol. The number of hydrogen-bond acceptors (Lipinski definition) is 11. The van der Waals surface area contributed by atoms with Crippen molar-refractivity contribution in [3.8, 4) is 0 Å². The van der Waals surface area contributed by atoms with Gasteiger partial charge < -0.3 is 57.7 Å². The highest BCUT2D eigenvalue weighted by atomic mass is 16.4. The van der Waals surface area contributed by atoms with Crippen LogP contribution < -0.4 is 42.5 Å². The van der Waals surface area contributed by atoms with Gasteiger partial charge in [-0.05, 0) is 79.7 Å². The Kier molecular flexibility index (Phi) is 14.7. The van der Waals surface area contributed by atoms with E-state index in [-0.39, 0.29) is 51.4 Å². The highest BCUT2D eigenvalue weighted by Crippen LogP contribution is 2.18. The number of carbonyl (C=O) groups excluding carboxylic acids is 8. The summed E-state index contributed by atoms with van der Waals surface area (Å²) in [5, 5.41) is 40.0. The first kappa shape index (κ1) is 45.8. The van der Waals surface area contributed by atoms with Crippen LogP contribution in [0.3, 0.4) is 0 Å². The lowest BCUT2D eigenvalue weighted by molar-refractivity contribution is -0.139. The number of carboxylic acid groups (broad SMARTS) is 1. The van der Waals surface area contributed by atoms with E-state index in [4.69, 9.17) is 0 Å². The molecule has 8 amide bonds. The van der Waals surface area contributed by atoms with Crippen molar-refractivity contribution in [2.24, 2.45) is 0 Å². The molecule has 0 radical (unpaired) electrons. The summed E-state index contributed by atoms with van der Waals surface area (Å²) in [5.41, 5.74) is 0.836. The van der Waals surface area contributed by atoms with Crippen LogP contribution in [0.1, 0.15) is 60.5 Å². The van der Waals surface area contributed by atoms with Crippen LogP contribution in [0.4, 0.5) is 22.7 Å². The van der Waals surface area contributed by atoms with Crippen molar-refractivity contribution in [1.29, 1.82) is 0 Å². The fraction of sp³-hybridized carbons (Fsp3) is 0.182. The quantitative estimate of drug-likeness (QED) is 0.119. The molecule has 334 valence electrons. The van der Waals surface area contributed by atoms with E-state index in [0.29, 0.717) is 5.69 Å². The molecule has 5 aromatic rings. The van der Waals surface area contributed by atoms with E-state index in [1.165, 1.54) is 117 Å². The molecule has 6 rings (SSSR count). The Labute approximate surface area is 369 Å². The molecule has 0 saturated heterocycles. The van der Waals surface area contributed by atoms with Gasteiger partial charge >= 0.3 is 5.97 Å². The van der Waals surface area contributed by atoms with Crippen molar-refractivity contribution in [2.75, 3.05) is 27.9 Å². The third kappa shape index (κ3) is 12.4. The van der Waals surface area contributed by atoms with Crippen LogP contribution in [-0.2, 0) is 30.4 Å². The molecule has 1 aromatic heterocycles. The SMILES string of the molecule is C[C@@H]1NC(=O)c2cccc(c2)NC(=O)[C@H](CC(=O)O)NC(=O)c2cccc(c2)NC(=O)[C@H](Cc2cnc[nH]2)NC(=O)c2cccc(c2)NC(=O)[C@H](CO)NC(=O)c2cccc(c2)NC1=O. The van der Waals surface area contributed by atoms with Crippen LogP contribution in [0.5, 0.6) is 0 Å². The first-order chi connectivity index (χ1) is 31.1. The lowest BCUT2D eigenvalue weighted by Crippen LogP contribution is -2.46. The van der Waals surface area contributed by atoms with E-state index in [1.54, 1.807) is 0 Å². The second kappa shape index (κ2) is 20.9. The molecular formula is C44H42N10O11. The summed E-state index contributed by atoms with van der Waals surface area (Å²) < 4.78 is 0.